The lowest BCUT2D eigenvalue weighted by molar-refractivity contribution is -0.389. The molecule has 0 spiro atoms. The third-order valence-corrected chi connectivity index (χ3v) is 4.42. The van der Waals surface area contributed by atoms with Crippen LogP contribution in [0.15, 0.2) is 41.9 Å². The maximum Gasteiger partial charge on any atom is 0.373 e. The highest BCUT2D eigenvalue weighted by Crippen LogP contribution is 2.30. The van der Waals surface area contributed by atoms with E-state index in [9.17, 15) is 15.2 Å². The Morgan fingerprint density at radius 2 is 2.20 bits per heavy atom. The summed E-state index contributed by atoms with van der Waals surface area (Å²) < 4.78 is 6.95. The summed E-state index contributed by atoms with van der Waals surface area (Å²) in [4.78, 5) is 17.3. The van der Waals surface area contributed by atoms with Crippen LogP contribution >= 0.6 is 11.3 Å². The van der Waals surface area contributed by atoms with Gasteiger partial charge in [-0.25, -0.2) is 0 Å². The van der Waals surface area contributed by atoms with Gasteiger partial charge in [0.2, 0.25) is 5.82 Å². The van der Waals surface area contributed by atoms with Crippen LogP contribution in [0.4, 0.5) is 11.6 Å². The molecule has 0 fully saturated rings. The topological polar surface area (TPSA) is 93.1 Å². The molecule has 0 saturated heterocycles. The number of benzene rings is 1. The van der Waals surface area contributed by atoms with E-state index in [1.807, 2.05) is 30.3 Å². The summed E-state index contributed by atoms with van der Waals surface area (Å²) in [7, 11) is 1.67. The molecule has 1 atom stereocenters. The van der Waals surface area contributed by atoms with E-state index in [1.54, 1.807) is 23.5 Å². The highest BCUT2D eigenvalue weighted by molar-refractivity contribution is 7.15. The van der Waals surface area contributed by atoms with Crippen LogP contribution in [0.25, 0.3) is 4.96 Å². The number of aromatic nitrogens is 2. The minimum atomic E-state index is -0.784. The predicted octanol–water partition coefficient (Wildman–Crippen LogP) is 2.32. The fourth-order valence-electron chi connectivity index (χ4n) is 2.53. The monoisotopic (exact) mass is 362 g/mol. The van der Waals surface area contributed by atoms with Crippen molar-refractivity contribution in [1.82, 2.24) is 9.38 Å². The van der Waals surface area contributed by atoms with Gasteiger partial charge in [-0.15, -0.1) is 0 Å². The second-order valence-corrected chi connectivity index (χ2v) is 6.48. The first kappa shape index (κ1) is 17.3. The van der Waals surface area contributed by atoms with Crippen molar-refractivity contribution in [2.24, 2.45) is 0 Å². The SMILES string of the molecule is CN(CC(O)COCc1ccccc1)c1nc2sccn2c1[N+](=O)[O-]. The van der Waals surface area contributed by atoms with Gasteiger partial charge in [0, 0.05) is 19.0 Å². The van der Waals surface area contributed by atoms with E-state index in [0.29, 0.717) is 11.6 Å². The molecule has 0 saturated carbocycles. The summed E-state index contributed by atoms with van der Waals surface area (Å²) in [6, 6.07) is 9.66. The normalized spacial score (nSPS) is 12.4. The van der Waals surface area contributed by atoms with E-state index in [0.717, 1.165) is 5.56 Å². The number of nitro groups is 1. The van der Waals surface area contributed by atoms with E-state index in [4.69, 9.17) is 4.74 Å². The Morgan fingerprint density at radius 1 is 1.44 bits per heavy atom. The molecular formula is C16H18N4O4S. The highest BCUT2D eigenvalue weighted by atomic mass is 32.1. The number of nitrogens with zero attached hydrogens (tertiary/aromatic N) is 4. The van der Waals surface area contributed by atoms with Gasteiger partial charge in [-0.2, -0.15) is 9.38 Å². The van der Waals surface area contributed by atoms with Gasteiger partial charge in [-0.1, -0.05) is 41.7 Å². The third kappa shape index (κ3) is 3.95. The van der Waals surface area contributed by atoms with Crippen LogP contribution in [0, 0.1) is 10.1 Å². The standard InChI is InChI=1S/C16H18N4O4S/c1-18(9-13(21)11-24-10-12-5-3-2-4-6-12)14-15(20(22)23)19-7-8-25-16(19)17-14/h2-8,13,21H,9-11H2,1H3. The molecule has 0 bridgehead atoms. The number of aliphatic hydroxyl groups excluding tert-OH is 1. The van der Waals surface area contributed by atoms with Crippen LogP contribution in [-0.2, 0) is 11.3 Å². The number of fused-ring (bicyclic) bond motifs is 1. The van der Waals surface area contributed by atoms with Crippen molar-refractivity contribution >= 4 is 27.9 Å². The summed E-state index contributed by atoms with van der Waals surface area (Å²) in [5.74, 6) is 0.134. The molecule has 3 rings (SSSR count). The molecule has 1 unspecified atom stereocenters. The van der Waals surface area contributed by atoms with Gasteiger partial charge < -0.3 is 24.9 Å². The zero-order chi connectivity index (χ0) is 17.8. The highest BCUT2D eigenvalue weighted by Gasteiger charge is 2.27. The Labute approximate surface area is 148 Å². The van der Waals surface area contributed by atoms with Crippen LogP contribution < -0.4 is 4.90 Å². The first-order chi connectivity index (χ1) is 12.1. The summed E-state index contributed by atoms with van der Waals surface area (Å²) in [5.41, 5.74) is 1.02. The van der Waals surface area contributed by atoms with E-state index >= 15 is 0 Å². The average molecular weight is 362 g/mol. The summed E-state index contributed by atoms with van der Waals surface area (Å²) in [5, 5.41) is 23.2. The van der Waals surface area contributed by atoms with Crippen LogP contribution in [0.1, 0.15) is 5.56 Å². The first-order valence-electron chi connectivity index (χ1n) is 7.67. The lowest BCUT2D eigenvalue weighted by Gasteiger charge is -2.20. The first-order valence-corrected chi connectivity index (χ1v) is 8.55. The minimum absolute atomic E-state index is 0.101. The van der Waals surface area contributed by atoms with Crippen LogP contribution in [0.5, 0.6) is 0 Å². The fourth-order valence-corrected chi connectivity index (χ4v) is 3.23. The van der Waals surface area contributed by atoms with Gasteiger partial charge in [0.1, 0.15) is 6.20 Å². The van der Waals surface area contributed by atoms with Gasteiger partial charge in [0.15, 0.2) is 0 Å². The Hall–Kier alpha value is -2.49. The molecule has 25 heavy (non-hydrogen) atoms. The fraction of sp³-hybridized carbons (Fsp3) is 0.312. The van der Waals surface area contributed by atoms with Gasteiger partial charge in [0.05, 0.1) is 19.3 Å². The van der Waals surface area contributed by atoms with Gasteiger partial charge in [-0.05, 0) is 10.5 Å². The third-order valence-electron chi connectivity index (χ3n) is 3.66. The zero-order valence-corrected chi connectivity index (χ0v) is 14.4. The van der Waals surface area contributed by atoms with Crippen molar-refractivity contribution in [2.75, 3.05) is 25.1 Å². The summed E-state index contributed by atoms with van der Waals surface area (Å²) >= 11 is 1.32. The summed E-state index contributed by atoms with van der Waals surface area (Å²) in [6.45, 7) is 0.720. The molecule has 9 heteroatoms. The molecule has 0 aliphatic carbocycles. The number of anilines is 1. The largest absolute Gasteiger partial charge is 0.389 e. The average Bonchev–Trinajstić information content (AvgIpc) is 3.16. The maximum atomic E-state index is 11.3. The number of hydrogen-bond acceptors (Lipinski definition) is 7. The molecule has 2 heterocycles. The van der Waals surface area contributed by atoms with Gasteiger partial charge >= 0.3 is 5.82 Å². The van der Waals surface area contributed by atoms with Crippen LogP contribution in [-0.4, -0.2) is 45.7 Å². The maximum absolute atomic E-state index is 11.3. The van der Waals surface area contributed by atoms with Crippen LogP contribution in [0.2, 0.25) is 0 Å². The number of likely N-dealkylation sites (N-methyl/N-ethyl adjacent to an activating group) is 1. The predicted molar refractivity (Wildman–Crippen MR) is 95.1 cm³/mol. The molecule has 3 aromatic rings. The number of ether oxygens (including phenoxy) is 1. The number of hydrogen-bond donors (Lipinski definition) is 1. The molecule has 8 nitrogen and oxygen atoms in total. The zero-order valence-electron chi connectivity index (χ0n) is 13.6. The van der Waals surface area contributed by atoms with Gasteiger partial charge in [0.25, 0.3) is 4.96 Å². The molecule has 0 aliphatic rings. The lowest BCUT2D eigenvalue weighted by atomic mass is 10.2. The lowest BCUT2D eigenvalue weighted by Crippen LogP contribution is -2.32. The number of imidazole rings is 1. The van der Waals surface area contributed by atoms with Crippen molar-refractivity contribution in [3.8, 4) is 0 Å². The van der Waals surface area contributed by atoms with Crippen LogP contribution in [0.3, 0.4) is 0 Å². The second-order valence-electron chi connectivity index (χ2n) is 5.61. The van der Waals surface area contributed by atoms with Crippen molar-refractivity contribution in [1.29, 1.82) is 0 Å². The van der Waals surface area contributed by atoms with Crippen molar-refractivity contribution in [3.63, 3.8) is 0 Å². The minimum Gasteiger partial charge on any atom is -0.389 e. The Kier molecular flexibility index (Phi) is 5.27. The van der Waals surface area contributed by atoms with Crippen molar-refractivity contribution < 1.29 is 14.8 Å². The number of thiazole rings is 1. The molecule has 0 radical (unpaired) electrons. The van der Waals surface area contributed by atoms with E-state index in [-0.39, 0.29) is 24.8 Å². The Bertz CT molecular complexity index is 848. The van der Waals surface area contributed by atoms with Crippen molar-refractivity contribution in [3.05, 3.63) is 57.6 Å². The molecule has 132 valence electrons. The van der Waals surface area contributed by atoms with Gasteiger partial charge in [-0.3, -0.25) is 0 Å². The molecule has 0 aliphatic heterocycles. The van der Waals surface area contributed by atoms with E-state index in [1.165, 1.54) is 15.7 Å². The number of rotatable bonds is 8. The number of aliphatic hydroxyl groups is 1. The molecule has 2 aromatic heterocycles. The Balaban J connectivity index is 1.60. The van der Waals surface area contributed by atoms with E-state index in [2.05, 4.69) is 4.98 Å². The van der Waals surface area contributed by atoms with E-state index < -0.39 is 11.0 Å². The summed E-state index contributed by atoms with van der Waals surface area (Å²) in [6.07, 6.45) is 0.829. The Morgan fingerprint density at radius 3 is 2.92 bits per heavy atom. The van der Waals surface area contributed by atoms with Crippen molar-refractivity contribution in [2.45, 2.75) is 12.7 Å². The second kappa shape index (κ2) is 7.60. The molecule has 0 amide bonds. The smallest absolute Gasteiger partial charge is 0.373 e. The quantitative estimate of drug-likeness (QED) is 0.488. The molecule has 1 aromatic carbocycles. The molecular weight excluding hydrogens is 344 g/mol. The molecule has 1 N–H and O–H groups in total.